The van der Waals surface area contributed by atoms with Crippen molar-refractivity contribution in [2.24, 2.45) is 0 Å². The molecule has 0 aliphatic carbocycles. The summed E-state index contributed by atoms with van der Waals surface area (Å²) in [6.45, 7) is 7.02. The van der Waals surface area contributed by atoms with Crippen LogP contribution in [0.25, 0.3) is 5.69 Å². The Bertz CT molecular complexity index is 883. The Morgan fingerprint density at radius 1 is 1.08 bits per heavy atom. The van der Waals surface area contributed by atoms with Crippen LogP contribution in [0.5, 0.6) is 0 Å². The first-order chi connectivity index (χ1) is 12.7. The molecule has 0 radical (unpaired) electrons. The highest BCUT2D eigenvalue weighted by molar-refractivity contribution is 5.42. The molecule has 1 saturated heterocycles. The second-order valence-corrected chi connectivity index (χ2v) is 7.02. The molecule has 4 rings (SSSR count). The molecule has 134 valence electrons. The summed E-state index contributed by atoms with van der Waals surface area (Å²) in [4.78, 5) is 2.42. The number of benzene rings is 2. The summed E-state index contributed by atoms with van der Waals surface area (Å²) < 4.78 is 8.30. The van der Waals surface area contributed by atoms with Crippen LogP contribution in [0.4, 0.5) is 0 Å². The molecule has 3 heteroatoms. The van der Waals surface area contributed by atoms with Gasteiger partial charge in [0.2, 0.25) is 0 Å². The van der Waals surface area contributed by atoms with Crippen molar-refractivity contribution < 1.29 is 4.74 Å². The zero-order valence-corrected chi connectivity index (χ0v) is 15.6. The molecule has 26 heavy (non-hydrogen) atoms. The van der Waals surface area contributed by atoms with Crippen LogP contribution in [-0.2, 0) is 17.7 Å². The minimum Gasteiger partial charge on any atom is -0.357 e. The molecule has 2 aromatic carbocycles. The largest absolute Gasteiger partial charge is 0.357 e. The maximum atomic E-state index is 6.07. The van der Waals surface area contributed by atoms with Crippen LogP contribution in [-0.4, -0.2) is 22.6 Å². The first kappa shape index (κ1) is 17.1. The second-order valence-electron chi connectivity index (χ2n) is 7.02. The lowest BCUT2D eigenvalue weighted by molar-refractivity contribution is 0.0288. The molecule has 1 fully saturated rings. The molecular weight excluding hydrogens is 320 g/mol. The fourth-order valence-corrected chi connectivity index (χ4v) is 3.79. The summed E-state index contributed by atoms with van der Waals surface area (Å²) in [5.41, 5.74) is 6.49. The Morgan fingerprint density at radius 2 is 1.96 bits per heavy atom. The quantitative estimate of drug-likeness (QED) is 0.655. The fraction of sp³-hybridized carbons (Fsp3) is 0.304. The molecule has 0 spiro atoms. The summed E-state index contributed by atoms with van der Waals surface area (Å²) in [5.74, 6) is 0. The van der Waals surface area contributed by atoms with Gasteiger partial charge in [-0.25, -0.2) is 0 Å². The molecule has 1 atom stereocenters. The zero-order valence-electron chi connectivity index (χ0n) is 15.6. The molecule has 0 N–H and O–H groups in total. The third-order valence-electron chi connectivity index (χ3n) is 5.11. The van der Waals surface area contributed by atoms with Crippen molar-refractivity contribution in [1.82, 2.24) is 9.47 Å². The number of rotatable bonds is 5. The summed E-state index contributed by atoms with van der Waals surface area (Å²) in [6.07, 6.45) is 5.43. The normalized spacial score (nSPS) is 17.7. The Kier molecular flexibility index (Phi) is 4.91. The SMILES string of the molecule is CCc1ccccc1-n1ccc(C2OCCN2Cc2cccc(C)c2)c1. The zero-order chi connectivity index (χ0) is 17.9. The molecular formula is C23H26N2O. The van der Waals surface area contributed by atoms with Crippen LogP contribution in [0.2, 0.25) is 0 Å². The number of hydrogen-bond donors (Lipinski definition) is 0. The lowest BCUT2D eigenvalue weighted by atomic mass is 10.1. The Labute approximate surface area is 155 Å². The molecule has 3 aromatic rings. The first-order valence-corrected chi connectivity index (χ1v) is 9.42. The van der Waals surface area contributed by atoms with Gasteiger partial charge in [0, 0.05) is 36.7 Å². The number of nitrogens with zero attached hydrogens (tertiary/aromatic N) is 2. The van der Waals surface area contributed by atoms with E-state index < -0.39 is 0 Å². The number of hydrogen-bond acceptors (Lipinski definition) is 2. The van der Waals surface area contributed by atoms with Crippen molar-refractivity contribution in [3.05, 3.63) is 89.2 Å². The van der Waals surface area contributed by atoms with Crippen LogP contribution in [0, 0.1) is 6.92 Å². The van der Waals surface area contributed by atoms with Gasteiger partial charge in [-0.05, 0) is 36.6 Å². The van der Waals surface area contributed by atoms with E-state index in [-0.39, 0.29) is 6.23 Å². The van der Waals surface area contributed by atoms with Gasteiger partial charge in [0.15, 0.2) is 0 Å². The lowest BCUT2D eigenvalue weighted by Crippen LogP contribution is -2.23. The predicted octanol–water partition coefficient (Wildman–Crippen LogP) is 4.88. The highest BCUT2D eigenvalue weighted by atomic mass is 16.5. The van der Waals surface area contributed by atoms with Crippen LogP contribution in [0.3, 0.4) is 0 Å². The fourth-order valence-electron chi connectivity index (χ4n) is 3.79. The van der Waals surface area contributed by atoms with Gasteiger partial charge in [-0.15, -0.1) is 0 Å². The summed E-state index contributed by atoms with van der Waals surface area (Å²) in [7, 11) is 0. The lowest BCUT2D eigenvalue weighted by Gasteiger charge is -2.22. The van der Waals surface area contributed by atoms with E-state index >= 15 is 0 Å². The van der Waals surface area contributed by atoms with Gasteiger partial charge in [0.05, 0.1) is 6.61 Å². The van der Waals surface area contributed by atoms with Gasteiger partial charge < -0.3 is 9.30 Å². The van der Waals surface area contributed by atoms with Crippen LogP contribution >= 0.6 is 0 Å². The van der Waals surface area contributed by atoms with Gasteiger partial charge in [-0.1, -0.05) is 55.0 Å². The van der Waals surface area contributed by atoms with Gasteiger partial charge in [-0.3, -0.25) is 4.90 Å². The van der Waals surface area contributed by atoms with Crippen molar-refractivity contribution in [1.29, 1.82) is 0 Å². The van der Waals surface area contributed by atoms with Gasteiger partial charge in [0.1, 0.15) is 6.23 Å². The van der Waals surface area contributed by atoms with E-state index in [1.807, 2.05) is 0 Å². The first-order valence-electron chi connectivity index (χ1n) is 9.42. The van der Waals surface area contributed by atoms with Crippen LogP contribution in [0.15, 0.2) is 67.0 Å². The number of ether oxygens (including phenoxy) is 1. The van der Waals surface area contributed by atoms with Crippen LogP contribution in [0.1, 0.15) is 35.4 Å². The standard InChI is InChI=1S/C23H26N2O/c1-3-20-9-4-5-10-22(20)24-12-11-21(17-24)23-25(13-14-26-23)16-19-8-6-7-18(2)15-19/h4-12,15,17,23H,3,13-14,16H2,1-2H3. The minimum absolute atomic E-state index is 0.0329. The number of para-hydroxylation sites is 1. The van der Waals surface area contributed by atoms with E-state index in [2.05, 4.69) is 90.3 Å². The summed E-state index contributed by atoms with van der Waals surface area (Å²) >= 11 is 0. The Hall–Kier alpha value is -2.36. The molecule has 3 nitrogen and oxygen atoms in total. The third-order valence-corrected chi connectivity index (χ3v) is 5.11. The van der Waals surface area contributed by atoms with E-state index in [4.69, 9.17) is 4.74 Å². The van der Waals surface area contributed by atoms with E-state index in [9.17, 15) is 0 Å². The van der Waals surface area contributed by atoms with Crippen molar-refractivity contribution >= 4 is 0 Å². The average Bonchev–Trinajstić information content (AvgIpc) is 3.31. The third kappa shape index (κ3) is 3.46. The number of aromatic nitrogens is 1. The van der Waals surface area contributed by atoms with E-state index in [1.165, 1.54) is 27.9 Å². The van der Waals surface area contributed by atoms with Gasteiger partial charge in [0.25, 0.3) is 0 Å². The average molecular weight is 346 g/mol. The minimum atomic E-state index is 0.0329. The molecule has 1 unspecified atom stereocenters. The highest BCUT2D eigenvalue weighted by Gasteiger charge is 2.27. The van der Waals surface area contributed by atoms with E-state index in [0.29, 0.717) is 0 Å². The summed E-state index contributed by atoms with van der Waals surface area (Å²) in [6, 6.07) is 19.5. The van der Waals surface area contributed by atoms with Gasteiger partial charge >= 0.3 is 0 Å². The Balaban J connectivity index is 1.56. The molecule has 0 bridgehead atoms. The highest BCUT2D eigenvalue weighted by Crippen LogP contribution is 2.30. The predicted molar refractivity (Wildman–Crippen MR) is 105 cm³/mol. The van der Waals surface area contributed by atoms with E-state index in [1.54, 1.807) is 0 Å². The monoisotopic (exact) mass is 346 g/mol. The molecule has 0 saturated carbocycles. The maximum Gasteiger partial charge on any atom is 0.138 e. The molecule has 0 amide bonds. The topological polar surface area (TPSA) is 17.4 Å². The smallest absolute Gasteiger partial charge is 0.138 e. The summed E-state index contributed by atoms with van der Waals surface area (Å²) in [5, 5.41) is 0. The van der Waals surface area contributed by atoms with Crippen molar-refractivity contribution in [3.63, 3.8) is 0 Å². The molecule has 1 aliphatic rings. The Morgan fingerprint density at radius 3 is 2.81 bits per heavy atom. The molecule has 1 aliphatic heterocycles. The maximum absolute atomic E-state index is 6.07. The van der Waals surface area contributed by atoms with E-state index in [0.717, 1.165) is 26.1 Å². The molecule has 1 aromatic heterocycles. The van der Waals surface area contributed by atoms with Crippen molar-refractivity contribution in [3.8, 4) is 5.69 Å². The molecule has 2 heterocycles. The second kappa shape index (κ2) is 7.48. The number of aryl methyl sites for hydroxylation is 2. The van der Waals surface area contributed by atoms with Crippen LogP contribution < -0.4 is 0 Å². The van der Waals surface area contributed by atoms with Crippen molar-refractivity contribution in [2.75, 3.05) is 13.2 Å². The van der Waals surface area contributed by atoms with Crippen molar-refractivity contribution in [2.45, 2.75) is 33.0 Å². The van der Waals surface area contributed by atoms with Gasteiger partial charge in [-0.2, -0.15) is 0 Å².